The Labute approximate surface area is 228 Å². The maximum Gasteiger partial charge on any atom is 0.254 e. The van der Waals surface area contributed by atoms with Crippen LogP contribution in [-0.4, -0.2) is 71.1 Å². The average Bonchev–Trinajstić information content (AvgIpc) is 3.18. The summed E-state index contributed by atoms with van der Waals surface area (Å²) in [5.41, 5.74) is 2.10. The molecule has 2 aromatic carbocycles. The van der Waals surface area contributed by atoms with Gasteiger partial charge in [-0.05, 0) is 55.3 Å². The minimum Gasteiger partial charge on any atom is -0.353 e. The number of carbonyl (C=O) groups excluding carboxylic acids is 2. The van der Waals surface area contributed by atoms with E-state index < -0.39 is 0 Å². The van der Waals surface area contributed by atoms with Crippen molar-refractivity contribution < 1.29 is 9.59 Å². The first-order valence-electron chi connectivity index (χ1n) is 12.6. The predicted octanol–water partition coefficient (Wildman–Crippen LogP) is 5.43. The molecule has 1 aliphatic heterocycles. The normalized spacial score (nSPS) is 13.8. The number of nitrogens with zero attached hydrogens (tertiary/aromatic N) is 5. The molecule has 3 aromatic rings. The van der Waals surface area contributed by atoms with Gasteiger partial charge in [-0.15, -0.1) is 10.2 Å². The molecule has 2 heterocycles. The van der Waals surface area contributed by atoms with E-state index in [0.29, 0.717) is 41.8 Å². The van der Waals surface area contributed by atoms with Crippen LogP contribution in [0.3, 0.4) is 0 Å². The van der Waals surface area contributed by atoms with Crippen LogP contribution < -0.4 is 4.90 Å². The third-order valence-electron chi connectivity index (χ3n) is 6.46. The fraction of sp³-hybridized carbons (Fsp3) is 0.357. The molecule has 0 spiro atoms. The smallest absolute Gasteiger partial charge is 0.254 e. The van der Waals surface area contributed by atoms with Crippen LogP contribution in [0.5, 0.6) is 0 Å². The molecular formula is C28H31Cl2N5O2. The van der Waals surface area contributed by atoms with Crippen molar-refractivity contribution in [2.24, 2.45) is 0 Å². The highest BCUT2D eigenvalue weighted by molar-refractivity contribution is 6.33. The zero-order valence-electron chi connectivity index (χ0n) is 20.9. The first-order chi connectivity index (χ1) is 18.0. The van der Waals surface area contributed by atoms with Gasteiger partial charge in [-0.25, -0.2) is 0 Å². The van der Waals surface area contributed by atoms with Gasteiger partial charge in [-0.2, -0.15) is 0 Å². The summed E-state index contributed by atoms with van der Waals surface area (Å²) in [4.78, 5) is 32.0. The van der Waals surface area contributed by atoms with Crippen LogP contribution in [0.2, 0.25) is 10.0 Å². The van der Waals surface area contributed by atoms with Crippen molar-refractivity contribution in [1.29, 1.82) is 0 Å². The Morgan fingerprint density at radius 1 is 0.919 bits per heavy atom. The van der Waals surface area contributed by atoms with E-state index in [4.69, 9.17) is 23.2 Å². The first kappa shape index (κ1) is 26.9. The Bertz CT molecular complexity index is 1200. The van der Waals surface area contributed by atoms with Crippen molar-refractivity contribution in [3.8, 4) is 11.3 Å². The van der Waals surface area contributed by atoms with Gasteiger partial charge in [-0.1, -0.05) is 54.7 Å². The third kappa shape index (κ3) is 6.99. The Hall–Kier alpha value is -3.16. The van der Waals surface area contributed by atoms with Gasteiger partial charge in [-0.3, -0.25) is 9.59 Å². The number of rotatable bonds is 8. The third-order valence-corrected chi connectivity index (χ3v) is 7.04. The van der Waals surface area contributed by atoms with Crippen LogP contribution in [0, 0.1) is 0 Å². The molecule has 0 bridgehead atoms. The molecule has 1 saturated heterocycles. The van der Waals surface area contributed by atoms with Gasteiger partial charge in [0, 0.05) is 48.9 Å². The van der Waals surface area contributed by atoms with E-state index in [-0.39, 0.29) is 18.4 Å². The van der Waals surface area contributed by atoms with E-state index in [9.17, 15) is 9.59 Å². The standard InChI is InChI=1S/C28H31Cl2N5O2/c1-2-3-15-35(28(37)21-9-11-22(29)12-10-21)20-27(36)34-17-6-16-33(18-19-34)26-14-13-25(31-32-26)23-7-4-5-8-24(23)30/h4-5,7-14H,2-3,6,15-20H2,1H3. The van der Waals surface area contributed by atoms with Gasteiger partial charge in [0.05, 0.1) is 10.7 Å². The molecule has 1 aliphatic rings. The van der Waals surface area contributed by atoms with Crippen LogP contribution in [0.4, 0.5) is 5.82 Å². The second-order valence-corrected chi connectivity index (χ2v) is 9.91. The number of carbonyl (C=O) groups is 2. The zero-order chi connectivity index (χ0) is 26.2. The summed E-state index contributed by atoms with van der Waals surface area (Å²) in [6, 6.07) is 18.2. The minimum absolute atomic E-state index is 0.0413. The summed E-state index contributed by atoms with van der Waals surface area (Å²) in [5.74, 6) is 0.580. The summed E-state index contributed by atoms with van der Waals surface area (Å²) in [6.45, 7) is 5.28. The average molecular weight is 540 g/mol. The van der Waals surface area contributed by atoms with E-state index in [0.717, 1.165) is 42.9 Å². The molecule has 0 N–H and O–H groups in total. The Kier molecular flexibility index (Phi) is 9.36. The molecule has 0 aliphatic carbocycles. The van der Waals surface area contributed by atoms with Crippen molar-refractivity contribution in [1.82, 2.24) is 20.0 Å². The van der Waals surface area contributed by atoms with E-state index in [1.165, 1.54) is 0 Å². The molecule has 1 aromatic heterocycles. The molecule has 37 heavy (non-hydrogen) atoms. The fourth-order valence-electron chi connectivity index (χ4n) is 4.34. The number of anilines is 1. The number of halogens is 2. The van der Waals surface area contributed by atoms with Crippen molar-refractivity contribution >= 4 is 40.8 Å². The molecule has 0 radical (unpaired) electrons. The van der Waals surface area contributed by atoms with Gasteiger partial charge in [0.25, 0.3) is 5.91 Å². The SMILES string of the molecule is CCCCN(CC(=O)N1CCCN(c2ccc(-c3ccccc3Cl)nn2)CC1)C(=O)c1ccc(Cl)cc1. The Balaban J connectivity index is 1.38. The monoisotopic (exact) mass is 539 g/mol. The van der Waals surface area contributed by atoms with Crippen LogP contribution >= 0.6 is 23.2 Å². The number of unbranched alkanes of at least 4 members (excludes halogenated alkanes) is 1. The minimum atomic E-state index is -0.149. The fourth-order valence-corrected chi connectivity index (χ4v) is 4.70. The van der Waals surface area contributed by atoms with Crippen LogP contribution in [0.25, 0.3) is 11.3 Å². The molecule has 0 saturated carbocycles. The predicted molar refractivity (Wildman–Crippen MR) is 148 cm³/mol. The lowest BCUT2D eigenvalue weighted by Crippen LogP contribution is -2.44. The maximum absolute atomic E-state index is 13.2. The highest BCUT2D eigenvalue weighted by Crippen LogP contribution is 2.26. The van der Waals surface area contributed by atoms with Gasteiger partial charge in [0.1, 0.15) is 6.54 Å². The largest absolute Gasteiger partial charge is 0.353 e. The van der Waals surface area contributed by atoms with Gasteiger partial charge >= 0.3 is 0 Å². The Morgan fingerprint density at radius 2 is 1.70 bits per heavy atom. The van der Waals surface area contributed by atoms with E-state index in [1.807, 2.05) is 41.3 Å². The molecule has 4 rings (SSSR count). The lowest BCUT2D eigenvalue weighted by Gasteiger charge is -2.27. The number of aromatic nitrogens is 2. The summed E-state index contributed by atoms with van der Waals surface area (Å²) in [5, 5.41) is 10.0. The van der Waals surface area contributed by atoms with Gasteiger partial charge in [0.2, 0.25) is 5.91 Å². The summed E-state index contributed by atoms with van der Waals surface area (Å²) in [6.07, 6.45) is 2.58. The van der Waals surface area contributed by atoms with Crippen LogP contribution in [0.15, 0.2) is 60.7 Å². The molecule has 7 nitrogen and oxygen atoms in total. The van der Waals surface area contributed by atoms with Crippen molar-refractivity contribution in [3.05, 3.63) is 76.3 Å². The number of benzene rings is 2. The maximum atomic E-state index is 13.2. The summed E-state index contributed by atoms with van der Waals surface area (Å²) < 4.78 is 0. The van der Waals surface area contributed by atoms with E-state index >= 15 is 0 Å². The number of hydrogen-bond acceptors (Lipinski definition) is 5. The topological polar surface area (TPSA) is 69.6 Å². The van der Waals surface area contributed by atoms with Gasteiger partial charge < -0.3 is 14.7 Å². The van der Waals surface area contributed by atoms with Crippen LogP contribution in [0.1, 0.15) is 36.5 Å². The van der Waals surface area contributed by atoms with Crippen molar-refractivity contribution in [2.75, 3.05) is 44.2 Å². The van der Waals surface area contributed by atoms with E-state index in [1.54, 1.807) is 29.2 Å². The summed E-state index contributed by atoms with van der Waals surface area (Å²) in [7, 11) is 0. The van der Waals surface area contributed by atoms with E-state index in [2.05, 4.69) is 22.0 Å². The molecule has 9 heteroatoms. The first-order valence-corrected chi connectivity index (χ1v) is 13.4. The Morgan fingerprint density at radius 3 is 2.41 bits per heavy atom. The van der Waals surface area contributed by atoms with Crippen LogP contribution in [-0.2, 0) is 4.79 Å². The van der Waals surface area contributed by atoms with Crippen molar-refractivity contribution in [3.63, 3.8) is 0 Å². The second-order valence-electron chi connectivity index (χ2n) is 9.07. The highest BCUT2D eigenvalue weighted by Gasteiger charge is 2.24. The molecule has 1 fully saturated rings. The quantitative estimate of drug-likeness (QED) is 0.381. The summed E-state index contributed by atoms with van der Waals surface area (Å²) >= 11 is 12.3. The lowest BCUT2D eigenvalue weighted by atomic mass is 10.1. The molecule has 0 atom stereocenters. The second kappa shape index (κ2) is 12.9. The molecular weight excluding hydrogens is 509 g/mol. The zero-order valence-corrected chi connectivity index (χ0v) is 22.5. The van der Waals surface area contributed by atoms with Crippen molar-refractivity contribution in [2.45, 2.75) is 26.2 Å². The molecule has 0 unspecified atom stereocenters. The molecule has 2 amide bonds. The number of amides is 2. The number of hydrogen-bond donors (Lipinski definition) is 0. The molecule has 194 valence electrons. The highest BCUT2D eigenvalue weighted by atomic mass is 35.5. The van der Waals surface area contributed by atoms with Gasteiger partial charge in [0.15, 0.2) is 5.82 Å². The lowest BCUT2D eigenvalue weighted by molar-refractivity contribution is -0.131.